The van der Waals surface area contributed by atoms with Gasteiger partial charge in [0.15, 0.2) is 0 Å². The van der Waals surface area contributed by atoms with E-state index in [0.29, 0.717) is 10.2 Å². The first-order valence-corrected chi connectivity index (χ1v) is 5.18. The zero-order valence-corrected chi connectivity index (χ0v) is 10.0. The molecule has 6 heteroatoms. The summed E-state index contributed by atoms with van der Waals surface area (Å²) in [5, 5.41) is 28.6. The van der Waals surface area contributed by atoms with Crippen molar-refractivity contribution in [3.63, 3.8) is 0 Å². The summed E-state index contributed by atoms with van der Waals surface area (Å²) in [4.78, 5) is 10.8. The standard InChI is InChI=1S/C11H6BrN3O2/c12-10-8(11(16)17)2-1-3-9(10)15-6-7(4-13)5-14/h1-3,6,15H,(H,16,17). The van der Waals surface area contributed by atoms with Gasteiger partial charge in [-0.3, -0.25) is 0 Å². The molecule has 0 radical (unpaired) electrons. The molecular formula is C11H6BrN3O2. The van der Waals surface area contributed by atoms with E-state index >= 15 is 0 Å². The molecule has 0 atom stereocenters. The summed E-state index contributed by atoms with van der Waals surface area (Å²) in [6.45, 7) is 0. The Bertz CT molecular complexity index is 551. The predicted molar refractivity (Wildman–Crippen MR) is 64.0 cm³/mol. The second-order valence-electron chi connectivity index (χ2n) is 2.90. The van der Waals surface area contributed by atoms with Crippen LogP contribution in [0.15, 0.2) is 34.4 Å². The molecule has 0 aliphatic carbocycles. The highest BCUT2D eigenvalue weighted by Crippen LogP contribution is 2.26. The first kappa shape index (κ1) is 12.8. The Labute approximate surface area is 106 Å². The van der Waals surface area contributed by atoms with Crippen LogP contribution < -0.4 is 5.32 Å². The van der Waals surface area contributed by atoms with E-state index in [1.807, 2.05) is 0 Å². The number of nitrogens with one attached hydrogen (secondary N) is 1. The molecule has 0 fully saturated rings. The number of anilines is 1. The van der Waals surface area contributed by atoms with Gasteiger partial charge in [-0.2, -0.15) is 10.5 Å². The van der Waals surface area contributed by atoms with Crippen molar-refractivity contribution >= 4 is 27.6 Å². The van der Waals surface area contributed by atoms with Crippen molar-refractivity contribution in [2.45, 2.75) is 0 Å². The van der Waals surface area contributed by atoms with E-state index < -0.39 is 5.97 Å². The number of nitrogens with zero attached hydrogens (tertiary/aromatic N) is 2. The number of allylic oxidation sites excluding steroid dienone is 1. The maximum Gasteiger partial charge on any atom is 0.336 e. The molecule has 1 aromatic rings. The molecule has 0 aliphatic rings. The topological polar surface area (TPSA) is 96.9 Å². The van der Waals surface area contributed by atoms with Crippen LogP contribution in [0.2, 0.25) is 0 Å². The predicted octanol–water partition coefficient (Wildman–Crippen LogP) is 2.49. The van der Waals surface area contributed by atoms with Gasteiger partial charge in [0, 0.05) is 6.20 Å². The number of halogens is 1. The number of nitriles is 2. The fourth-order valence-electron chi connectivity index (χ4n) is 1.05. The molecule has 0 amide bonds. The quantitative estimate of drug-likeness (QED) is 0.834. The Morgan fingerprint density at radius 3 is 2.59 bits per heavy atom. The lowest BCUT2D eigenvalue weighted by Crippen LogP contribution is -2.00. The lowest BCUT2D eigenvalue weighted by atomic mass is 10.2. The smallest absolute Gasteiger partial charge is 0.336 e. The summed E-state index contributed by atoms with van der Waals surface area (Å²) < 4.78 is 0.360. The van der Waals surface area contributed by atoms with Crippen LogP contribution in [-0.2, 0) is 0 Å². The van der Waals surface area contributed by atoms with E-state index in [-0.39, 0.29) is 11.1 Å². The molecule has 1 rings (SSSR count). The van der Waals surface area contributed by atoms with Gasteiger partial charge in [-0.05, 0) is 28.1 Å². The summed E-state index contributed by atoms with van der Waals surface area (Å²) in [6.07, 6.45) is 1.21. The molecule has 2 N–H and O–H groups in total. The summed E-state index contributed by atoms with van der Waals surface area (Å²) >= 11 is 3.14. The van der Waals surface area contributed by atoms with Crippen LogP contribution in [0.4, 0.5) is 5.69 Å². The maximum absolute atomic E-state index is 10.8. The number of carbonyl (C=O) groups is 1. The van der Waals surface area contributed by atoms with E-state index in [0.717, 1.165) is 0 Å². The molecule has 0 saturated carbocycles. The molecule has 0 heterocycles. The average Bonchev–Trinajstić information content (AvgIpc) is 2.32. The summed E-state index contributed by atoms with van der Waals surface area (Å²) in [5.74, 6) is -1.06. The molecule has 5 nitrogen and oxygen atoms in total. The first-order chi connectivity index (χ1) is 8.10. The number of benzene rings is 1. The number of hydrogen-bond acceptors (Lipinski definition) is 4. The van der Waals surface area contributed by atoms with Crippen LogP contribution in [0.25, 0.3) is 0 Å². The van der Waals surface area contributed by atoms with Crippen LogP contribution in [-0.4, -0.2) is 11.1 Å². The zero-order valence-electron chi connectivity index (χ0n) is 8.44. The van der Waals surface area contributed by atoms with Gasteiger partial charge in [-0.15, -0.1) is 0 Å². The van der Waals surface area contributed by atoms with Gasteiger partial charge >= 0.3 is 5.97 Å². The summed E-state index contributed by atoms with van der Waals surface area (Å²) in [5.41, 5.74) is 0.462. The summed E-state index contributed by atoms with van der Waals surface area (Å²) in [6, 6.07) is 7.99. The van der Waals surface area contributed by atoms with Crippen molar-refractivity contribution in [3.05, 3.63) is 40.0 Å². The highest BCUT2D eigenvalue weighted by Gasteiger charge is 2.10. The van der Waals surface area contributed by atoms with Crippen molar-refractivity contribution in [2.75, 3.05) is 5.32 Å². The minimum Gasteiger partial charge on any atom is -0.478 e. The summed E-state index contributed by atoms with van der Waals surface area (Å²) in [7, 11) is 0. The Morgan fingerprint density at radius 2 is 2.06 bits per heavy atom. The average molecular weight is 292 g/mol. The van der Waals surface area contributed by atoms with Gasteiger partial charge in [0.25, 0.3) is 0 Å². The number of rotatable bonds is 3. The Morgan fingerprint density at radius 1 is 1.41 bits per heavy atom. The number of carboxylic acids is 1. The lowest BCUT2D eigenvalue weighted by Gasteiger charge is -2.06. The van der Waals surface area contributed by atoms with Gasteiger partial charge in [-0.1, -0.05) is 6.07 Å². The second kappa shape index (κ2) is 5.69. The fraction of sp³-hybridized carbons (Fsp3) is 0. The van der Waals surface area contributed by atoms with Crippen molar-refractivity contribution < 1.29 is 9.90 Å². The minimum absolute atomic E-state index is 0.0962. The lowest BCUT2D eigenvalue weighted by molar-refractivity contribution is 0.0696. The molecule has 0 spiro atoms. The SMILES string of the molecule is N#CC(C#N)=CNc1cccc(C(=O)O)c1Br. The third-order valence-electron chi connectivity index (χ3n) is 1.84. The molecular weight excluding hydrogens is 286 g/mol. The van der Waals surface area contributed by atoms with Crippen molar-refractivity contribution in [2.24, 2.45) is 0 Å². The molecule has 0 aliphatic heterocycles. The zero-order chi connectivity index (χ0) is 12.8. The van der Waals surface area contributed by atoms with Crippen molar-refractivity contribution in [1.29, 1.82) is 10.5 Å². The monoisotopic (exact) mass is 291 g/mol. The first-order valence-electron chi connectivity index (χ1n) is 4.39. The highest BCUT2D eigenvalue weighted by molar-refractivity contribution is 9.10. The van der Waals surface area contributed by atoms with Crippen LogP contribution >= 0.6 is 15.9 Å². The van der Waals surface area contributed by atoms with Gasteiger partial charge in [0.1, 0.15) is 17.7 Å². The van der Waals surface area contributed by atoms with Gasteiger partial charge in [-0.25, -0.2) is 4.79 Å². The van der Waals surface area contributed by atoms with Gasteiger partial charge < -0.3 is 10.4 Å². The number of aromatic carboxylic acids is 1. The van der Waals surface area contributed by atoms with Crippen molar-refractivity contribution in [1.82, 2.24) is 0 Å². The molecule has 1 aromatic carbocycles. The van der Waals surface area contributed by atoms with Crippen LogP contribution in [0.5, 0.6) is 0 Å². The Kier molecular flexibility index (Phi) is 4.27. The highest BCUT2D eigenvalue weighted by atomic mass is 79.9. The van der Waals surface area contributed by atoms with Gasteiger partial charge in [0.05, 0.1) is 15.7 Å². The third kappa shape index (κ3) is 3.07. The normalized spacial score (nSPS) is 8.65. The molecule has 0 unspecified atom stereocenters. The fourth-order valence-corrected chi connectivity index (χ4v) is 1.60. The molecule has 17 heavy (non-hydrogen) atoms. The number of hydrogen-bond donors (Lipinski definition) is 2. The second-order valence-corrected chi connectivity index (χ2v) is 3.69. The largest absolute Gasteiger partial charge is 0.478 e. The molecule has 0 bridgehead atoms. The van der Waals surface area contributed by atoms with E-state index in [9.17, 15) is 4.79 Å². The number of carboxylic acid groups (broad SMARTS) is 1. The third-order valence-corrected chi connectivity index (χ3v) is 2.70. The van der Waals surface area contributed by atoms with E-state index in [1.165, 1.54) is 12.3 Å². The van der Waals surface area contributed by atoms with Crippen LogP contribution in [0.3, 0.4) is 0 Å². The van der Waals surface area contributed by atoms with E-state index in [1.54, 1.807) is 24.3 Å². The molecule has 0 aromatic heterocycles. The van der Waals surface area contributed by atoms with Gasteiger partial charge in [0.2, 0.25) is 0 Å². The minimum atomic E-state index is -1.06. The van der Waals surface area contributed by atoms with Crippen molar-refractivity contribution in [3.8, 4) is 12.1 Å². The maximum atomic E-state index is 10.8. The van der Waals surface area contributed by atoms with E-state index in [4.69, 9.17) is 15.6 Å². The van der Waals surface area contributed by atoms with Crippen LogP contribution in [0.1, 0.15) is 10.4 Å². The van der Waals surface area contributed by atoms with Crippen LogP contribution in [0, 0.1) is 22.7 Å². The van der Waals surface area contributed by atoms with E-state index in [2.05, 4.69) is 21.2 Å². The Balaban J connectivity index is 3.07. The molecule has 0 saturated heterocycles. The Hall–Kier alpha value is -2.31. The molecule has 84 valence electrons.